The summed E-state index contributed by atoms with van der Waals surface area (Å²) in [6.07, 6.45) is -0.427. The number of aliphatic hydroxyl groups excluding tert-OH is 2. The molecule has 1 aromatic rings. The zero-order chi connectivity index (χ0) is 21.7. The van der Waals surface area contributed by atoms with Crippen molar-refractivity contribution in [3.8, 4) is 0 Å². The summed E-state index contributed by atoms with van der Waals surface area (Å²) in [6, 6.07) is 6.19. The lowest BCUT2D eigenvalue weighted by atomic mass is 9.92. The van der Waals surface area contributed by atoms with Gasteiger partial charge < -0.3 is 25.0 Å². The predicted octanol–water partition coefficient (Wildman–Crippen LogP) is 1.71. The number of hydrogen-bond donors (Lipinski definition) is 3. The molecule has 0 aromatic heterocycles. The fraction of sp³-hybridized carbons (Fsp3) is 0.739. The molecule has 0 radical (unpaired) electrons. The molecule has 4 heterocycles. The lowest BCUT2D eigenvalue weighted by Crippen LogP contribution is -2.63. The Morgan fingerprint density at radius 3 is 2.90 bits per heavy atom. The van der Waals surface area contributed by atoms with Gasteiger partial charge in [0, 0.05) is 36.7 Å². The van der Waals surface area contributed by atoms with Crippen LogP contribution in [0.2, 0.25) is 5.02 Å². The quantitative estimate of drug-likeness (QED) is 0.643. The molecule has 4 aliphatic rings. The molecule has 0 saturated carbocycles. The summed E-state index contributed by atoms with van der Waals surface area (Å²) in [7, 11) is 0. The Morgan fingerprint density at radius 2 is 2.10 bits per heavy atom. The molecule has 3 fully saturated rings. The number of fused-ring (bicyclic) bond motifs is 2. The number of likely N-dealkylation sites (tertiary alicyclic amines) is 1. The molecule has 172 valence electrons. The van der Waals surface area contributed by atoms with Crippen molar-refractivity contribution in [1.82, 2.24) is 15.1 Å². The molecule has 1 aromatic carbocycles. The molecule has 3 unspecified atom stereocenters. The summed E-state index contributed by atoms with van der Waals surface area (Å²) in [6.45, 7) is 7.66. The summed E-state index contributed by atoms with van der Waals surface area (Å²) < 4.78 is 12.5. The minimum Gasteiger partial charge on any atom is -0.387 e. The summed E-state index contributed by atoms with van der Waals surface area (Å²) in [5.74, 6) is 0.473. The van der Waals surface area contributed by atoms with Crippen molar-refractivity contribution in [3.63, 3.8) is 0 Å². The van der Waals surface area contributed by atoms with Crippen molar-refractivity contribution in [2.75, 3.05) is 26.4 Å². The number of rotatable bonds is 4. The lowest BCUT2D eigenvalue weighted by molar-refractivity contribution is -0.157. The van der Waals surface area contributed by atoms with Crippen LogP contribution in [0.1, 0.15) is 43.9 Å². The number of hydrogen-bond acceptors (Lipinski definition) is 7. The van der Waals surface area contributed by atoms with Crippen molar-refractivity contribution >= 4 is 11.6 Å². The topological polar surface area (TPSA) is 77.4 Å². The third-order valence-corrected chi connectivity index (χ3v) is 7.80. The highest BCUT2D eigenvalue weighted by Crippen LogP contribution is 2.42. The Balaban J connectivity index is 1.39. The van der Waals surface area contributed by atoms with Crippen LogP contribution in [0.15, 0.2) is 18.2 Å². The van der Waals surface area contributed by atoms with E-state index in [9.17, 15) is 10.2 Å². The molecule has 5 rings (SSSR count). The normalized spacial score (nSPS) is 41.3. The third-order valence-electron chi connectivity index (χ3n) is 7.57. The van der Waals surface area contributed by atoms with Gasteiger partial charge in [-0.15, -0.1) is 0 Å². The molecule has 8 atom stereocenters. The fourth-order valence-corrected chi connectivity index (χ4v) is 6.23. The van der Waals surface area contributed by atoms with E-state index in [1.807, 2.05) is 18.2 Å². The van der Waals surface area contributed by atoms with Crippen LogP contribution in [-0.2, 0) is 15.9 Å². The molecule has 0 spiro atoms. The van der Waals surface area contributed by atoms with Crippen LogP contribution in [0.3, 0.4) is 0 Å². The highest BCUT2D eigenvalue weighted by atomic mass is 35.5. The molecule has 7 nitrogen and oxygen atoms in total. The van der Waals surface area contributed by atoms with Crippen molar-refractivity contribution < 1.29 is 19.7 Å². The molecule has 0 aliphatic carbocycles. The second-order valence-corrected chi connectivity index (χ2v) is 9.86. The molecule has 0 amide bonds. The molecule has 3 saturated heterocycles. The largest absolute Gasteiger partial charge is 0.387 e. The van der Waals surface area contributed by atoms with Gasteiger partial charge in [0.05, 0.1) is 12.8 Å². The van der Waals surface area contributed by atoms with Gasteiger partial charge in [0.2, 0.25) is 0 Å². The van der Waals surface area contributed by atoms with E-state index in [1.165, 1.54) is 0 Å². The summed E-state index contributed by atoms with van der Waals surface area (Å²) in [4.78, 5) is 4.72. The second-order valence-electron chi connectivity index (χ2n) is 9.42. The molecule has 4 aliphatic heterocycles. The number of benzene rings is 1. The Labute approximate surface area is 189 Å². The van der Waals surface area contributed by atoms with E-state index < -0.39 is 30.6 Å². The van der Waals surface area contributed by atoms with Crippen molar-refractivity contribution in [1.29, 1.82) is 0 Å². The van der Waals surface area contributed by atoms with Gasteiger partial charge in [-0.05, 0) is 49.4 Å². The molecular weight excluding hydrogens is 418 g/mol. The van der Waals surface area contributed by atoms with Gasteiger partial charge in [-0.25, -0.2) is 0 Å². The summed E-state index contributed by atoms with van der Waals surface area (Å²) in [5.41, 5.74) is 2.12. The highest BCUT2D eigenvalue weighted by molar-refractivity contribution is 6.30. The van der Waals surface area contributed by atoms with Crippen LogP contribution in [0.4, 0.5) is 0 Å². The van der Waals surface area contributed by atoms with Crippen molar-refractivity contribution in [2.24, 2.45) is 5.92 Å². The number of ether oxygens (including phenoxy) is 2. The smallest absolute Gasteiger partial charge is 0.141 e. The van der Waals surface area contributed by atoms with Gasteiger partial charge in [-0.3, -0.25) is 9.80 Å². The third kappa shape index (κ3) is 3.83. The highest BCUT2D eigenvalue weighted by Gasteiger charge is 2.55. The van der Waals surface area contributed by atoms with E-state index in [-0.39, 0.29) is 6.17 Å². The monoisotopic (exact) mass is 451 g/mol. The average Bonchev–Trinajstić information content (AvgIpc) is 3.32. The van der Waals surface area contributed by atoms with Crippen LogP contribution in [-0.4, -0.2) is 83.1 Å². The van der Waals surface area contributed by atoms with Crippen LogP contribution >= 0.6 is 11.6 Å². The first kappa shape index (κ1) is 22.0. The standard InChI is InChI=1S/C23H34ClN3O4/c1-3-8-26-12-25-13(2)16-6-9-27(22(16)26)23-19(29)18(28)21(31-23)20-17-5-4-15(24)11-14(17)7-10-30-20/h4-5,11,13,16,18-23,25,28-29H,3,6-10,12H2,1-2H3/t13?,16?,18-,19+,20-,21-,22?,23+/m0/s1. The maximum atomic E-state index is 11.1. The Bertz CT molecular complexity index is 798. The van der Waals surface area contributed by atoms with Gasteiger partial charge in [-0.2, -0.15) is 0 Å². The average molecular weight is 452 g/mol. The van der Waals surface area contributed by atoms with Crippen molar-refractivity contribution in [3.05, 3.63) is 34.3 Å². The number of nitrogens with one attached hydrogen (secondary N) is 1. The number of nitrogens with zero attached hydrogens (tertiary/aromatic N) is 2. The van der Waals surface area contributed by atoms with Gasteiger partial charge in [-0.1, -0.05) is 24.6 Å². The van der Waals surface area contributed by atoms with E-state index in [2.05, 4.69) is 29.0 Å². The van der Waals surface area contributed by atoms with Gasteiger partial charge in [0.25, 0.3) is 0 Å². The van der Waals surface area contributed by atoms with Gasteiger partial charge in [0.1, 0.15) is 30.6 Å². The van der Waals surface area contributed by atoms with Gasteiger partial charge >= 0.3 is 0 Å². The van der Waals surface area contributed by atoms with Crippen molar-refractivity contribution in [2.45, 2.75) is 76.0 Å². The van der Waals surface area contributed by atoms with E-state index in [1.54, 1.807) is 0 Å². The van der Waals surface area contributed by atoms with E-state index in [4.69, 9.17) is 21.1 Å². The second kappa shape index (κ2) is 8.88. The molecular formula is C23H34ClN3O4. The predicted molar refractivity (Wildman–Crippen MR) is 118 cm³/mol. The van der Waals surface area contributed by atoms with E-state index in [0.29, 0.717) is 23.6 Å². The number of halogens is 1. The van der Waals surface area contributed by atoms with Gasteiger partial charge in [0.15, 0.2) is 0 Å². The Morgan fingerprint density at radius 1 is 1.26 bits per heavy atom. The Hall–Kier alpha value is -0.770. The Kier molecular flexibility index (Phi) is 6.31. The lowest BCUT2D eigenvalue weighted by Gasteiger charge is -2.46. The van der Waals surface area contributed by atoms with E-state index in [0.717, 1.165) is 50.1 Å². The van der Waals surface area contributed by atoms with E-state index >= 15 is 0 Å². The maximum Gasteiger partial charge on any atom is 0.141 e. The zero-order valence-electron chi connectivity index (χ0n) is 18.3. The number of aliphatic hydroxyl groups is 2. The molecule has 8 heteroatoms. The first-order valence-electron chi connectivity index (χ1n) is 11.6. The fourth-order valence-electron chi connectivity index (χ4n) is 6.03. The van der Waals surface area contributed by atoms with Crippen LogP contribution < -0.4 is 5.32 Å². The molecule has 3 N–H and O–H groups in total. The van der Waals surface area contributed by atoms with Crippen LogP contribution in [0.5, 0.6) is 0 Å². The van der Waals surface area contributed by atoms with Crippen LogP contribution in [0.25, 0.3) is 0 Å². The van der Waals surface area contributed by atoms with Crippen LogP contribution in [0, 0.1) is 5.92 Å². The minimum atomic E-state index is -1.01. The molecule has 31 heavy (non-hydrogen) atoms. The zero-order valence-corrected chi connectivity index (χ0v) is 19.0. The summed E-state index contributed by atoms with van der Waals surface area (Å²) >= 11 is 6.18. The maximum absolute atomic E-state index is 11.1. The minimum absolute atomic E-state index is 0.208. The summed E-state index contributed by atoms with van der Waals surface area (Å²) in [5, 5.41) is 26.4. The first-order chi connectivity index (χ1) is 15.0. The SMILES string of the molecule is CCCN1CNC(C)C2CCN([C@@H]3O[C@H]([C@H]4OCCc5cc(Cl)ccc54)[C@@H](O)[C@H]3O)C21. The first-order valence-corrected chi connectivity index (χ1v) is 12.0. The molecule has 0 bridgehead atoms.